The molecule has 2 amide bonds. The third-order valence-corrected chi connectivity index (χ3v) is 3.49. The van der Waals surface area contributed by atoms with Crippen molar-refractivity contribution in [2.45, 2.75) is 0 Å². The Bertz CT molecular complexity index is 526. The monoisotopic (exact) mass is 308 g/mol. The molecule has 1 fully saturated rings. The van der Waals surface area contributed by atoms with E-state index in [1.165, 1.54) is 7.11 Å². The van der Waals surface area contributed by atoms with E-state index in [0.717, 1.165) is 0 Å². The first-order valence-corrected chi connectivity index (χ1v) is 7.02. The second-order valence-corrected chi connectivity index (χ2v) is 4.78. The molecule has 0 bridgehead atoms. The number of benzene rings is 1. The van der Waals surface area contributed by atoms with Crippen molar-refractivity contribution >= 4 is 12.0 Å². The van der Waals surface area contributed by atoms with Crippen LogP contribution >= 0.6 is 0 Å². The third kappa shape index (κ3) is 3.81. The zero-order chi connectivity index (χ0) is 15.9. The van der Waals surface area contributed by atoms with Crippen LogP contribution in [-0.4, -0.2) is 68.8 Å². The Labute approximate surface area is 129 Å². The van der Waals surface area contributed by atoms with Gasteiger partial charge in [0, 0.05) is 26.2 Å². The minimum absolute atomic E-state index is 0.0569. The summed E-state index contributed by atoms with van der Waals surface area (Å²) in [7, 11) is 2.90. The van der Waals surface area contributed by atoms with Crippen LogP contribution in [0.1, 0.15) is 0 Å². The molecule has 2 rings (SSSR count). The van der Waals surface area contributed by atoms with Gasteiger partial charge in [-0.3, -0.25) is 4.79 Å². The number of piperazine rings is 1. The van der Waals surface area contributed by atoms with E-state index in [4.69, 9.17) is 9.47 Å². The van der Waals surface area contributed by atoms with E-state index in [0.29, 0.717) is 37.7 Å². The third-order valence-electron chi connectivity index (χ3n) is 3.49. The highest BCUT2D eigenvalue weighted by Crippen LogP contribution is 2.25. The van der Waals surface area contributed by atoms with E-state index in [-0.39, 0.29) is 18.6 Å². The van der Waals surface area contributed by atoms with Crippen molar-refractivity contribution in [3.05, 3.63) is 24.3 Å². The standard InChI is InChI=1S/C15H20N2O5/c1-20-12-5-3-4-6-13(12)22-11-14(18)16-7-9-17(10-8-16)15(19)21-2/h3-6H,7-11H2,1-2H3. The lowest BCUT2D eigenvalue weighted by Crippen LogP contribution is -2.51. The van der Waals surface area contributed by atoms with Gasteiger partial charge >= 0.3 is 6.09 Å². The predicted octanol–water partition coefficient (Wildman–Crippen LogP) is 0.985. The molecular formula is C15H20N2O5. The van der Waals surface area contributed by atoms with Crippen LogP contribution in [-0.2, 0) is 9.53 Å². The molecule has 1 heterocycles. The van der Waals surface area contributed by atoms with Crippen LogP contribution in [0.5, 0.6) is 11.5 Å². The number of methoxy groups -OCH3 is 2. The Morgan fingerprint density at radius 2 is 1.59 bits per heavy atom. The molecular weight excluding hydrogens is 288 g/mol. The summed E-state index contributed by atoms with van der Waals surface area (Å²) in [6, 6.07) is 7.17. The molecule has 0 spiro atoms. The summed E-state index contributed by atoms with van der Waals surface area (Å²) in [5.74, 6) is 1.01. The summed E-state index contributed by atoms with van der Waals surface area (Å²) in [5, 5.41) is 0. The van der Waals surface area contributed by atoms with Crippen molar-refractivity contribution < 1.29 is 23.8 Å². The van der Waals surface area contributed by atoms with Crippen LogP contribution in [0.3, 0.4) is 0 Å². The number of hydrogen-bond donors (Lipinski definition) is 0. The number of hydrogen-bond acceptors (Lipinski definition) is 5. The van der Waals surface area contributed by atoms with Crippen LogP contribution in [0, 0.1) is 0 Å². The van der Waals surface area contributed by atoms with Gasteiger partial charge in [-0.25, -0.2) is 4.79 Å². The summed E-state index contributed by atoms with van der Waals surface area (Å²) >= 11 is 0. The molecule has 0 saturated carbocycles. The molecule has 7 heteroatoms. The number of amides is 2. The lowest BCUT2D eigenvalue weighted by atomic mass is 10.3. The van der Waals surface area contributed by atoms with Crippen LogP contribution < -0.4 is 9.47 Å². The van der Waals surface area contributed by atoms with Crippen molar-refractivity contribution in [1.29, 1.82) is 0 Å². The van der Waals surface area contributed by atoms with Crippen LogP contribution in [0.4, 0.5) is 4.79 Å². The highest BCUT2D eigenvalue weighted by Gasteiger charge is 2.24. The van der Waals surface area contributed by atoms with Crippen molar-refractivity contribution in [3.63, 3.8) is 0 Å². The molecule has 22 heavy (non-hydrogen) atoms. The Morgan fingerprint density at radius 1 is 1.00 bits per heavy atom. The maximum absolute atomic E-state index is 12.1. The molecule has 1 aromatic rings. The minimum atomic E-state index is -0.364. The summed E-state index contributed by atoms with van der Waals surface area (Å²) in [6.07, 6.45) is -0.364. The SMILES string of the molecule is COC(=O)N1CCN(C(=O)COc2ccccc2OC)CC1. The van der Waals surface area contributed by atoms with E-state index in [1.54, 1.807) is 29.0 Å². The van der Waals surface area contributed by atoms with Gasteiger partial charge in [0.25, 0.3) is 5.91 Å². The summed E-state index contributed by atoms with van der Waals surface area (Å²) in [4.78, 5) is 26.8. The zero-order valence-electron chi connectivity index (χ0n) is 12.8. The molecule has 0 N–H and O–H groups in total. The number of carbonyl (C=O) groups is 2. The Balaban J connectivity index is 1.82. The van der Waals surface area contributed by atoms with Gasteiger partial charge in [0.2, 0.25) is 0 Å². The second kappa shape index (κ2) is 7.53. The van der Waals surface area contributed by atoms with Gasteiger partial charge in [-0.05, 0) is 12.1 Å². The maximum atomic E-state index is 12.1. The summed E-state index contributed by atoms with van der Waals surface area (Å²) in [6.45, 7) is 1.82. The zero-order valence-corrected chi connectivity index (χ0v) is 12.8. The van der Waals surface area contributed by atoms with E-state index >= 15 is 0 Å². The normalized spacial score (nSPS) is 14.5. The van der Waals surface area contributed by atoms with Gasteiger partial charge in [-0.15, -0.1) is 0 Å². The molecule has 1 aliphatic rings. The molecule has 0 aliphatic carbocycles. The molecule has 0 radical (unpaired) electrons. The van der Waals surface area contributed by atoms with Crippen molar-refractivity contribution in [2.24, 2.45) is 0 Å². The van der Waals surface area contributed by atoms with Crippen molar-refractivity contribution in [2.75, 3.05) is 47.0 Å². The molecule has 1 aromatic carbocycles. The first-order chi connectivity index (χ1) is 10.7. The summed E-state index contributed by atoms with van der Waals surface area (Å²) in [5.41, 5.74) is 0. The lowest BCUT2D eigenvalue weighted by Gasteiger charge is -2.33. The number of carbonyl (C=O) groups excluding carboxylic acids is 2. The quantitative estimate of drug-likeness (QED) is 0.829. The number of nitrogens with zero attached hydrogens (tertiary/aromatic N) is 2. The van der Waals surface area contributed by atoms with E-state index in [2.05, 4.69) is 4.74 Å². The van der Waals surface area contributed by atoms with Crippen LogP contribution in [0.25, 0.3) is 0 Å². The number of para-hydroxylation sites is 2. The lowest BCUT2D eigenvalue weighted by molar-refractivity contribution is -0.134. The first-order valence-electron chi connectivity index (χ1n) is 7.02. The van der Waals surface area contributed by atoms with E-state index in [9.17, 15) is 9.59 Å². The maximum Gasteiger partial charge on any atom is 0.409 e. The Hall–Kier alpha value is -2.44. The highest BCUT2D eigenvalue weighted by atomic mass is 16.5. The predicted molar refractivity (Wildman–Crippen MR) is 79.0 cm³/mol. The minimum Gasteiger partial charge on any atom is -0.493 e. The van der Waals surface area contributed by atoms with Crippen LogP contribution in [0.15, 0.2) is 24.3 Å². The van der Waals surface area contributed by atoms with Crippen molar-refractivity contribution in [3.8, 4) is 11.5 Å². The van der Waals surface area contributed by atoms with E-state index < -0.39 is 0 Å². The Kier molecular flexibility index (Phi) is 5.46. The summed E-state index contributed by atoms with van der Waals surface area (Å²) < 4.78 is 15.3. The largest absolute Gasteiger partial charge is 0.493 e. The molecule has 1 saturated heterocycles. The van der Waals surface area contributed by atoms with Crippen molar-refractivity contribution in [1.82, 2.24) is 9.80 Å². The fourth-order valence-electron chi connectivity index (χ4n) is 2.24. The fourth-order valence-corrected chi connectivity index (χ4v) is 2.24. The topological polar surface area (TPSA) is 68.3 Å². The van der Waals surface area contributed by atoms with Gasteiger partial charge in [0.1, 0.15) is 0 Å². The van der Waals surface area contributed by atoms with Gasteiger partial charge in [-0.1, -0.05) is 12.1 Å². The Morgan fingerprint density at radius 3 is 2.18 bits per heavy atom. The molecule has 120 valence electrons. The highest BCUT2D eigenvalue weighted by molar-refractivity contribution is 5.78. The van der Waals surface area contributed by atoms with Crippen LogP contribution in [0.2, 0.25) is 0 Å². The molecule has 0 aromatic heterocycles. The smallest absolute Gasteiger partial charge is 0.409 e. The van der Waals surface area contributed by atoms with Gasteiger partial charge in [-0.2, -0.15) is 0 Å². The molecule has 0 unspecified atom stereocenters. The number of rotatable bonds is 4. The average molecular weight is 308 g/mol. The second-order valence-electron chi connectivity index (χ2n) is 4.78. The van der Waals surface area contributed by atoms with E-state index in [1.807, 2.05) is 12.1 Å². The van der Waals surface area contributed by atoms with Gasteiger partial charge in [0.15, 0.2) is 18.1 Å². The molecule has 1 aliphatic heterocycles. The molecule has 7 nitrogen and oxygen atoms in total. The first kappa shape index (κ1) is 15.9. The van der Waals surface area contributed by atoms with Gasteiger partial charge in [0.05, 0.1) is 14.2 Å². The average Bonchev–Trinajstić information content (AvgIpc) is 2.59. The molecule has 0 atom stereocenters. The fraction of sp³-hybridized carbons (Fsp3) is 0.467. The number of ether oxygens (including phenoxy) is 3. The van der Waals surface area contributed by atoms with Gasteiger partial charge < -0.3 is 24.0 Å².